The first-order valence-electron chi connectivity index (χ1n) is 45.9. The van der Waals surface area contributed by atoms with Crippen molar-refractivity contribution in [2.75, 3.05) is 0 Å². The first kappa shape index (κ1) is 88.3. The molecule has 4 fully saturated rings. The highest BCUT2D eigenvalue weighted by Crippen LogP contribution is 2.48. The standard InChI is InChI=1S/2C36H31BO3.C25H22BNO3.C19H21BO2S/c1-35(2)36(3,4)40-37(39-35)31-19-12-20-32-33(31)30-18-11-17-29(34(30)38-32)28-22-26(24-13-7-5-8-14-24)21-27(23-28)25-15-9-6-10-16-25;1-35(2)36(3,4)40-37(39-35)29-18-19-31-32-17-11-16-30(34(32)38-33(31)23-29)28-21-26(24-12-7-5-8-13-24)20-27(22-28)25-14-9-6-10-15-25;1-24(2)25(3,4)30-26(29-24)18-12-9-16(10-13-18)19-14-11-17(15-27)22-20-7-5-6-8-21(20)28-23(19)22;1-12-10-13(20-21-18(2,3)19(4,5)22-20)11-16-17(12)14-8-6-7-9-15(14)23-16/h2*5-23H,1-4H3;5-14H,1-4H3;6-11H,1-5H3. The van der Waals surface area contributed by atoms with Crippen molar-refractivity contribution >= 4 is 148 Å². The molecule has 4 saturated heterocycles. The third-order valence-corrected chi connectivity index (χ3v) is 29.8. The van der Waals surface area contributed by atoms with Crippen LogP contribution in [-0.2, 0) is 37.2 Å². The van der Waals surface area contributed by atoms with Crippen LogP contribution in [0.2, 0.25) is 0 Å². The average Bonchev–Trinajstić information content (AvgIpc) is 1.71. The number of nitriles is 1. The Morgan fingerprint density at radius 1 is 0.241 bits per heavy atom. The number of benzene rings is 15. The van der Waals surface area contributed by atoms with Crippen LogP contribution in [0.25, 0.3) is 164 Å². The number of para-hydroxylation sites is 3. The lowest BCUT2D eigenvalue weighted by atomic mass is 9.76. The predicted octanol–water partition coefficient (Wildman–Crippen LogP) is 27.9. The third-order valence-electron chi connectivity index (χ3n) is 28.6. The van der Waals surface area contributed by atoms with Crippen molar-refractivity contribution in [1.82, 2.24) is 0 Å². The van der Waals surface area contributed by atoms with Gasteiger partial charge in [-0.3, -0.25) is 0 Å². The molecule has 12 nitrogen and oxygen atoms in total. The molecule has 0 spiro atoms. The molecule has 658 valence electrons. The quantitative estimate of drug-likeness (QED) is 0.114. The first-order valence-corrected chi connectivity index (χ1v) is 46.7. The van der Waals surface area contributed by atoms with Gasteiger partial charge in [-0.2, -0.15) is 5.26 Å². The normalized spacial score (nSPS) is 17.1. The number of nitrogens with zero attached hydrogens (tertiary/aromatic N) is 1. The Kier molecular flexibility index (Phi) is 22.4. The third kappa shape index (κ3) is 16.3. The van der Waals surface area contributed by atoms with Gasteiger partial charge in [-0.15, -0.1) is 11.3 Å². The maximum Gasteiger partial charge on any atom is 0.495 e. The molecule has 0 amide bonds. The molecule has 0 unspecified atom stereocenters. The second-order valence-corrected chi connectivity index (χ2v) is 40.5. The minimum atomic E-state index is -0.468. The smallest absolute Gasteiger partial charge is 0.455 e. The molecule has 4 aliphatic rings. The molecule has 15 aromatic carbocycles. The van der Waals surface area contributed by atoms with Gasteiger partial charge in [-0.1, -0.05) is 249 Å². The SMILES string of the molecule is CC1(C)OB(c2ccc(-c3ccc(C#N)c4c3oc3ccccc34)cc2)OC1(C)C.CC1(C)OB(c2ccc3c(c2)oc2c(-c4cc(-c5ccccc5)cc(-c5ccccc5)c4)cccc23)OC1(C)C.CC1(C)OB(c2cccc3oc4c(-c5cc(-c6ccccc6)cc(-c6ccccc6)c5)cccc4c23)OC1(C)C.Cc1cc(B2OC(C)(C)C(C)(C)O2)cc2sc3ccccc3c12. The maximum absolute atomic E-state index is 9.60. The molecule has 23 rings (SSSR count). The Hall–Kier alpha value is -12.7. The highest BCUT2D eigenvalue weighted by molar-refractivity contribution is 7.26. The van der Waals surface area contributed by atoms with Crippen LogP contribution in [0.1, 0.15) is 122 Å². The largest absolute Gasteiger partial charge is 0.495 e. The van der Waals surface area contributed by atoms with E-state index in [1.807, 2.05) is 84.1 Å². The molecule has 0 saturated carbocycles. The Bertz CT molecular complexity index is 7540. The molecule has 4 aliphatic heterocycles. The van der Waals surface area contributed by atoms with E-state index >= 15 is 0 Å². The first-order chi connectivity index (χ1) is 63.7. The number of hydrogen-bond acceptors (Lipinski definition) is 13. The Morgan fingerprint density at radius 3 is 1.13 bits per heavy atom. The molecule has 133 heavy (non-hydrogen) atoms. The Balaban J connectivity index is 0.000000113. The number of thiophene rings is 1. The van der Waals surface area contributed by atoms with E-state index in [1.54, 1.807) is 0 Å². The number of furan rings is 3. The van der Waals surface area contributed by atoms with Gasteiger partial charge < -0.3 is 50.5 Å². The van der Waals surface area contributed by atoms with Gasteiger partial charge in [0.15, 0.2) is 0 Å². The molecule has 0 aliphatic carbocycles. The minimum Gasteiger partial charge on any atom is -0.455 e. The summed E-state index contributed by atoms with van der Waals surface area (Å²) in [6.07, 6.45) is 0. The minimum absolute atomic E-state index is 0.298. The van der Waals surface area contributed by atoms with Crippen LogP contribution in [0, 0.1) is 18.3 Å². The van der Waals surface area contributed by atoms with Gasteiger partial charge in [0.25, 0.3) is 0 Å². The fourth-order valence-electron chi connectivity index (χ4n) is 18.3. The summed E-state index contributed by atoms with van der Waals surface area (Å²) in [6, 6.07) is 116. The van der Waals surface area contributed by atoms with E-state index in [-0.39, 0.29) is 29.5 Å². The molecule has 0 N–H and O–H groups in total. The summed E-state index contributed by atoms with van der Waals surface area (Å²) in [7, 11) is -1.59. The number of fused-ring (bicyclic) bond motifs is 12. The van der Waals surface area contributed by atoms with Crippen LogP contribution < -0.4 is 21.9 Å². The van der Waals surface area contributed by atoms with Gasteiger partial charge in [0.1, 0.15) is 33.5 Å². The fourth-order valence-corrected chi connectivity index (χ4v) is 19.6. The second kappa shape index (κ2) is 33.8. The lowest BCUT2D eigenvalue weighted by Crippen LogP contribution is -2.41. The van der Waals surface area contributed by atoms with Crippen molar-refractivity contribution in [3.63, 3.8) is 0 Å². The van der Waals surface area contributed by atoms with E-state index in [4.69, 9.17) is 50.5 Å². The van der Waals surface area contributed by atoms with Crippen LogP contribution in [0.5, 0.6) is 0 Å². The summed E-state index contributed by atoms with van der Waals surface area (Å²) in [6.45, 7) is 35.4. The molecule has 19 aromatic rings. The van der Waals surface area contributed by atoms with E-state index < -0.39 is 43.8 Å². The van der Waals surface area contributed by atoms with E-state index in [1.165, 1.54) is 70.2 Å². The van der Waals surface area contributed by atoms with Gasteiger partial charge >= 0.3 is 28.5 Å². The van der Waals surface area contributed by atoms with Crippen molar-refractivity contribution in [2.24, 2.45) is 0 Å². The maximum atomic E-state index is 9.60. The van der Waals surface area contributed by atoms with Gasteiger partial charge in [-0.05, 0) is 285 Å². The van der Waals surface area contributed by atoms with Crippen molar-refractivity contribution in [1.29, 1.82) is 5.26 Å². The van der Waals surface area contributed by atoms with E-state index in [0.717, 1.165) is 121 Å². The van der Waals surface area contributed by atoms with Crippen LogP contribution in [0.15, 0.2) is 341 Å². The summed E-state index contributed by atoms with van der Waals surface area (Å²) in [5, 5.41) is 18.4. The average molecular weight is 1760 g/mol. The highest BCUT2D eigenvalue weighted by atomic mass is 32.1. The molecular weight excluding hydrogens is 1660 g/mol. The topological polar surface area (TPSA) is 137 Å². The van der Waals surface area contributed by atoms with Crippen molar-refractivity contribution in [3.05, 3.63) is 339 Å². The van der Waals surface area contributed by atoms with Gasteiger partial charge in [0.05, 0.1) is 56.4 Å². The number of aryl methyl sites for hydroxylation is 1. The zero-order chi connectivity index (χ0) is 92.5. The summed E-state index contributed by atoms with van der Waals surface area (Å²) in [4.78, 5) is 0. The number of hydrogen-bond donors (Lipinski definition) is 0. The van der Waals surface area contributed by atoms with Gasteiger partial charge in [-0.25, -0.2) is 0 Å². The molecule has 0 atom stereocenters. The van der Waals surface area contributed by atoms with Gasteiger partial charge in [0, 0.05) is 69.2 Å². The van der Waals surface area contributed by atoms with E-state index in [0.29, 0.717) is 5.56 Å². The molecule has 4 aromatic heterocycles. The molecule has 8 heterocycles. The molecule has 17 heteroatoms. The molecular formula is C116H105B4NO11S. The van der Waals surface area contributed by atoms with Crippen LogP contribution >= 0.6 is 11.3 Å². The van der Waals surface area contributed by atoms with E-state index in [9.17, 15) is 5.26 Å². The zero-order valence-electron chi connectivity index (χ0n) is 78.3. The van der Waals surface area contributed by atoms with Crippen LogP contribution in [0.4, 0.5) is 0 Å². The molecule has 0 bridgehead atoms. The zero-order valence-corrected chi connectivity index (χ0v) is 79.1. The van der Waals surface area contributed by atoms with Crippen LogP contribution in [0.3, 0.4) is 0 Å². The lowest BCUT2D eigenvalue weighted by molar-refractivity contribution is 0.00578. The highest BCUT2D eigenvalue weighted by Gasteiger charge is 2.55. The fraction of sp³-hybridized carbons (Fsp3) is 0.216. The predicted molar refractivity (Wildman–Crippen MR) is 551 cm³/mol. The van der Waals surface area contributed by atoms with Crippen molar-refractivity contribution in [2.45, 2.75) is 163 Å². The van der Waals surface area contributed by atoms with Crippen molar-refractivity contribution in [3.8, 4) is 84.0 Å². The summed E-state index contributed by atoms with van der Waals surface area (Å²) in [5.41, 5.74) is 23.7. The molecule has 0 radical (unpaired) electrons. The monoisotopic (exact) mass is 1760 g/mol. The van der Waals surface area contributed by atoms with E-state index in [2.05, 4.69) is 379 Å². The number of rotatable bonds is 11. The second-order valence-electron chi connectivity index (χ2n) is 39.5. The summed E-state index contributed by atoms with van der Waals surface area (Å²) >= 11 is 1.84. The Morgan fingerprint density at radius 2 is 0.624 bits per heavy atom. The lowest BCUT2D eigenvalue weighted by Gasteiger charge is -2.32. The summed E-state index contributed by atoms with van der Waals surface area (Å²) in [5.74, 6) is 0. The van der Waals surface area contributed by atoms with Gasteiger partial charge in [0.2, 0.25) is 0 Å². The van der Waals surface area contributed by atoms with Crippen molar-refractivity contribution < 1.29 is 50.5 Å². The Labute approximate surface area is 783 Å². The summed E-state index contributed by atoms with van der Waals surface area (Å²) < 4.78 is 72.3. The van der Waals surface area contributed by atoms with Crippen LogP contribution in [-0.4, -0.2) is 73.3 Å².